The molecule has 2 heterocycles. The van der Waals surface area contributed by atoms with E-state index >= 15 is 0 Å². The molecule has 2 unspecified atom stereocenters. The van der Waals surface area contributed by atoms with Crippen LogP contribution in [0.5, 0.6) is 0 Å². The van der Waals surface area contributed by atoms with Gasteiger partial charge in [-0.2, -0.15) is 4.98 Å². The van der Waals surface area contributed by atoms with Crippen LogP contribution < -0.4 is 5.73 Å². The Kier molecular flexibility index (Phi) is 4.54. The summed E-state index contributed by atoms with van der Waals surface area (Å²) in [4.78, 5) is 6.78. The Morgan fingerprint density at radius 1 is 1.47 bits per heavy atom. The molecular formula is C13H24N4O2. The molecule has 108 valence electrons. The highest BCUT2D eigenvalue weighted by Crippen LogP contribution is 2.24. The first-order chi connectivity index (χ1) is 9.06. The Morgan fingerprint density at radius 3 is 2.95 bits per heavy atom. The van der Waals surface area contributed by atoms with E-state index in [4.69, 9.17) is 15.0 Å². The van der Waals surface area contributed by atoms with Crippen molar-refractivity contribution >= 4 is 0 Å². The highest BCUT2D eigenvalue weighted by Gasteiger charge is 2.30. The monoisotopic (exact) mass is 268 g/mol. The van der Waals surface area contributed by atoms with Crippen LogP contribution in [0.4, 0.5) is 0 Å². The lowest BCUT2D eigenvalue weighted by atomic mass is 10.0. The van der Waals surface area contributed by atoms with Gasteiger partial charge in [0, 0.05) is 13.1 Å². The van der Waals surface area contributed by atoms with Crippen molar-refractivity contribution < 1.29 is 9.26 Å². The molecule has 1 fully saturated rings. The maximum Gasteiger partial charge on any atom is 0.246 e. The lowest BCUT2D eigenvalue weighted by Crippen LogP contribution is -2.39. The molecule has 0 amide bonds. The molecule has 19 heavy (non-hydrogen) atoms. The van der Waals surface area contributed by atoms with Crippen molar-refractivity contribution in [2.75, 3.05) is 26.2 Å². The van der Waals surface area contributed by atoms with Gasteiger partial charge in [-0.05, 0) is 26.3 Å². The van der Waals surface area contributed by atoms with Gasteiger partial charge in [0.05, 0.1) is 12.1 Å². The van der Waals surface area contributed by atoms with Crippen molar-refractivity contribution in [1.82, 2.24) is 15.0 Å². The molecule has 0 aromatic carbocycles. The molecule has 1 aromatic heterocycles. The van der Waals surface area contributed by atoms with Gasteiger partial charge in [0.1, 0.15) is 6.10 Å². The predicted octanol–water partition coefficient (Wildman–Crippen LogP) is 1.44. The van der Waals surface area contributed by atoms with Crippen molar-refractivity contribution in [2.45, 2.75) is 45.3 Å². The van der Waals surface area contributed by atoms with Crippen LogP contribution in [0.2, 0.25) is 0 Å². The Hall–Kier alpha value is -0.980. The summed E-state index contributed by atoms with van der Waals surface area (Å²) in [5.74, 6) is 1.10. The fourth-order valence-corrected chi connectivity index (χ4v) is 2.13. The second kappa shape index (κ2) is 5.98. The molecule has 1 saturated heterocycles. The summed E-state index contributed by atoms with van der Waals surface area (Å²) in [5.41, 5.74) is 5.54. The number of hydrogen-bond acceptors (Lipinski definition) is 6. The summed E-state index contributed by atoms with van der Waals surface area (Å²) in [6, 6.07) is 0. The summed E-state index contributed by atoms with van der Waals surface area (Å²) in [5, 5.41) is 4.03. The minimum Gasteiger partial charge on any atom is -0.367 e. The minimum atomic E-state index is -0.566. The van der Waals surface area contributed by atoms with Crippen LogP contribution in [0.25, 0.3) is 0 Å². The first-order valence-electron chi connectivity index (χ1n) is 7.03. The molecule has 6 heteroatoms. The van der Waals surface area contributed by atoms with E-state index in [0.29, 0.717) is 18.3 Å². The van der Waals surface area contributed by atoms with Crippen LogP contribution in [-0.2, 0) is 10.3 Å². The Morgan fingerprint density at radius 2 is 2.26 bits per heavy atom. The first-order valence-corrected chi connectivity index (χ1v) is 7.03. The highest BCUT2D eigenvalue weighted by molar-refractivity contribution is 5.02. The Labute approximate surface area is 114 Å². The SMILES string of the molecule is CCCN1CCOC(c2noc(C(C)(N)CC)n2)C1. The number of hydrogen-bond donors (Lipinski definition) is 1. The quantitative estimate of drug-likeness (QED) is 0.870. The van der Waals surface area contributed by atoms with E-state index in [2.05, 4.69) is 22.0 Å². The number of ether oxygens (including phenoxy) is 1. The summed E-state index contributed by atoms with van der Waals surface area (Å²) in [7, 11) is 0. The van der Waals surface area contributed by atoms with Crippen molar-refractivity contribution in [1.29, 1.82) is 0 Å². The van der Waals surface area contributed by atoms with Gasteiger partial charge in [-0.15, -0.1) is 0 Å². The summed E-state index contributed by atoms with van der Waals surface area (Å²) in [6.07, 6.45) is 1.79. The molecule has 0 aliphatic carbocycles. The second-order valence-corrected chi connectivity index (χ2v) is 5.39. The Bertz CT molecular complexity index is 403. The van der Waals surface area contributed by atoms with Gasteiger partial charge in [-0.1, -0.05) is 19.0 Å². The third-order valence-electron chi connectivity index (χ3n) is 3.64. The molecule has 0 spiro atoms. The van der Waals surface area contributed by atoms with Gasteiger partial charge >= 0.3 is 0 Å². The molecule has 0 radical (unpaired) electrons. The van der Waals surface area contributed by atoms with E-state index in [1.165, 1.54) is 0 Å². The molecule has 2 atom stereocenters. The zero-order valence-electron chi connectivity index (χ0n) is 12.1. The number of aromatic nitrogens is 2. The molecule has 0 bridgehead atoms. The summed E-state index contributed by atoms with van der Waals surface area (Å²) < 4.78 is 11.0. The third-order valence-corrected chi connectivity index (χ3v) is 3.64. The number of nitrogens with zero attached hydrogens (tertiary/aromatic N) is 3. The van der Waals surface area contributed by atoms with Gasteiger partial charge in [-0.25, -0.2) is 0 Å². The fourth-order valence-electron chi connectivity index (χ4n) is 2.13. The average molecular weight is 268 g/mol. The maximum absolute atomic E-state index is 6.11. The van der Waals surface area contributed by atoms with Crippen LogP contribution in [0.1, 0.15) is 51.4 Å². The minimum absolute atomic E-state index is 0.106. The molecule has 0 saturated carbocycles. The standard InChI is InChI=1S/C13H24N4O2/c1-4-6-17-7-8-18-10(9-17)11-15-12(19-16-11)13(3,14)5-2/h10H,4-9,14H2,1-3H3. The van der Waals surface area contributed by atoms with E-state index in [1.54, 1.807) is 0 Å². The zero-order chi connectivity index (χ0) is 13.9. The van der Waals surface area contributed by atoms with E-state index in [-0.39, 0.29) is 6.10 Å². The van der Waals surface area contributed by atoms with Crippen molar-refractivity contribution in [3.8, 4) is 0 Å². The van der Waals surface area contributed by atoms with Crippen molar-refractivity contribution in [3.05, 3.63) is 11.7 Å². The number of nitrogens with two attached hydrogens (primary N) is 1. The topological polar surface area (TPSA) is 77.4 Å². The molecule has 1 aromatic rings. The van der Waals surface area contributed by atoms with Gasteiger partial charge in [0.25, 0.3) is 0 Å². The Balaban J connectivity index is 2.06. The van der Waals surface area contributed by atoms with Crippen LogP contribution in [0, 0.1) is 0 Å². The van der Waals surface area contributed by atoms with Gasteiger partial charge in [0.2, 0.25) is 11.7 Å². The second-order valence-electron chi connectivity index (χ2n) is 5.39. The average Bonchev–Trinajstić information content (AvgIpc) is 2.90. The van der Waals surface area contributed by atoms with E-state index in [1.807, 2.05) is 13.8 Å². The summed E-state index contributed by atoms with van der Waals surface area (Å²) in [6.45, 7) is 9.66. The molecule has 1 aliphatic heterocycles. The lowest BCUT2D eigenvalue weighted by molar-refractivity contribution is -0.0350. The fraction of sp³-hybridized carbons (Fsp3) is 0.846. The van der Waals surface area contributed by atoms with Crippen LogP contribution in [0.15, 0.2) is 4.52 Å². The number of morpholine rings is 1. The van der Waals surface area contributed by atoms with Gasteiger partial charge in [0.15, 0.2) is 0 Å². The van der Waals surface area contributed by atoms with Gasteiger partial charge < -0.3 is 15.0 Å². The van der Waals surface area contributed by atoms with Crippen molar-refractivity contribution in [3.63, 3.8) is 0 Å². The lowest BCUT2D eigenvalue weighted by Gasteiger charge is -2.30. The molecular weight excluding hydrogens is 244 g/mol. The highest BCUT2D eigenvalue weighted by atomic mass is 16.5. The number of rotatable bonds is 5. The molecule has 2 N–H and O–H groups in total. The van der Waals surface area contributed by atoms with E-state index in [9.17, 15) is 0 Å². The smallest absolute Gasteiger partial charge is 0.246 e. The molecule has 6 nitrogen and oxygen atoms in total. The van der Waals surface area contributed by atoms with Gasteiger partial charge in [-0.3, -0.25) is 4.90 Å². The predicted molar refractivity (Wildman–Crippen MR) is 71.6 cm³/mol. The van der Waals surface area contributed by atoms with Crippen LogP contribution in [-0.4, -0.2) is 41.3 Å². The van der Waals surface area contributed by atoms with Crippen LogP contribution >= 0.6 is 0 Å². The molecule has 1 aliphatic rings. The van der Waals surface area contributed by atoms with E-state index < -0.39 is 5.54 Å². The maximum atomic E-state index is 6.11. The first kappa shape index (κ1) is 14.4. The third kappa shape index (κ3) is 3.32. The van der Waals surface area contributed by atoms with Crippen LogP contribution in [0.3, 0.4) is 0 Å². The van der Waals surface area contributed by atoms with E-state index in [0.717, 1.165) is 32.5 Å². The zero-order valence-corrected chi connectivity index (χ0v) is 12.1. The molecule has 2 rings (SSSR count). The van der Waals surface area contributed by atoms with Crippen molar-refractivity contribution in [2.24, 2.45) is 5.73 Å². The normalized spacial score (nSPS) is 24.3. The summed E-state index contributed by atoms with van der Waals surface area (Å²) >= 11 is 0. The largest absolute Gasteiger partial charge is 0.367 e.